The van der Waals surface area contributed by atoms with Crippen molar-refractivity contribution in [2.75, 3.05) is 34.5 Å². The molecule has 0 bridgehead atoms. The second-order valence-corrected chi connectivity index (χ2v) is 15.4. The van der Waals surface area contributed by atoms with Gasteiger partial charge in [0, 0.05) is 54.9 Å². The van der Waals surface area contributed by atoms with Crippen LogP contribution in [0.1, 0.15) is 54.4 Å². The van der Waals surface area contributed by atoms with E-state index in [1.807, 2.05) is 59.4 Å². The molecule has 13 nitrogen and oxygen atoms in total. The average molecular weight is 785 g/mol. The maximum Gasteiger partial charge on any atom is 0.306 e. The number of aliphatic carboxylic acids is 1. The fourth-order valence-corrected chi connectivity index (χ4v) is 8.67. The highest BCUT2D eigenvalue weighted by atomic mass is 16.5. The number of hydrogen-bond acceptors (Lipinski definition) is 11. The Bertz CT molecular complexity index is 2490. The van der Waals surface area contributed by atoms with E-state index in [1.165, 1.54) is 0 Å². The third-order valence-corrected chi connectivity index (χ3v) is 11.9. The van der Waals surface area contributed by atoms with Gasteiger partial charge in [0.25, 0.3) is 0 Å². The van der Waals surface area contributed by atoms with Crippen LogP contribution in [-0.4, -0.2) is 88.5 Å². The van der Waals surface area contributed by atoms with Crippen LogP contribution in [-0.2, 0) is 22.6 Å². The Kier molecular flexibility index (Phi) is 11.2. The Morgan fingerprint density at radius 3 is 2.45 bits per heavy atom. The largest absolute Gasteiger partial charge is 0.496 e. The summed E-state index contributed by atoms with van der Waals surface area (Å²) in [5, 5.41) is 39.2. The van der Waals surface area contributed by atoms with Crippen molar-refractivity contribution in [1.29, 1.82) is 5.26 Å². The number of nitriles is 1. The summed E-state index contributed by atoms with van der Waals surface area (Å²) in [7, 11) is 5.32. The lowest BCUT2D eigenvalue weighted by atomic mass is 9.85. The number of carbonyl (C=O) groups is 1. The van der Waals surface area contributed by atoms with Crippen molar-refractivity contribution in [1.82, 2.24) is 25.0 Å². The maximum absolute atomic E-state index is 11.5. The molecule has 0 amide bonds. The fraction of sp³-hybridized carbons (Fsp3) is 0.378. The van der Waals surface area contributed by atoms with Gasteiger partial charge in [-0.1, -0.05) is 24.3 Å². The van der Waals surface area contributed by atoms with E-state index in [2.05, 4.69) is 42.4 Å². The van der Waals surface area contributed by atoms with Gasteiger partial charge in [-0.2, -0.15) is 10.4 Å². The smallest absolute Gasteiger partial charge is 0.306 e. The third kappa shape index (κ3) is 7.52. The van der Waals surface area contributed by atoms with E-state index in [0.29, 0.717) is 79.6 Å². The van der Waals surface area contributed by atoms with Crippen molar-refractivity contribution < 1.29 is 33.6 Å². The Hall–Kier alpha value is -5.78. The molecule has 2 aliphatic rings. The normalized spacial score (nSPS) is 19.7. The van der Waals surface area contributed by atoms with Gasteiger partial charge >= 0.3 is 5.97 Å². The topological polar surface area (TPSA) is 168 Å². The van der Waals surface area contributed by atoms with Crippen molar-refractivity contribution in [2.24, 2.45) is 5.92 Å². The van der Waals surface area contributed by atoms with Crippen LogP contribution in [0.15, 0.2) is 71.3 Å². The van der Waals surface area contributed by atoms with E-state index in [1.54, 1.807) is 14.2 Å². The van der Waals surface area contributed by atoms with Crippen LogP contribution in [0.25, 0.3) is 50.3 Å². The molecule has 4 aromatic carbocycles. The maximum atomic E-state index is 11.5. The second-order valence-electron chi connectivity index (χ2n) is 15.4. The van der Waals surface area contributed by atoms with Crippen molar-refractivity contribution >= 4 is 28.0 Å². The molecule has 300 valence electrons. The molecule has 13 heteroatoms. The number of nitrogens with one attached hydrogen (secondary N) is 1. The van der Waals surface area contributed by atoms with Crippen molar-refractivity contribution in [2.45, 2.75) is 70.3 Å². The molecule has 0 radical (unpaired) electrons. The summed E-state index contributed by atoms with van der Waals surface area (Å²) in [5.41, 5.74) is 8.76. The Morgan fingerprint density at radius 2 is 1.74 bits per heavy atom. The minimum absolute atomic E-state index is 0.0915. The van der Waals surface area contributed by atoms with Crippen molar-refractivity contribution in [3.63, 3.8) is 0 Å². The number of aromatic nitrogens is 3. The number of hydrogen-bond donors (Lipinski definition) is 3. The van der Waals surface area contributed by atoms with Crippen LogP contribution in [0.2, 0.25) is 0 Å². The lowest BCUT2D eigenvalue weighted by molar-refractivity contribution is -0.143. The first-order valence-electron chi connectivity index (χ1n) is 19.8. The van der Waals surface area contributed by atoms with Gasteiger partial charge in [-0.15, -0.1) is 0 Å². The van der Waals surface area contributed by atoms with Gasteiger partial charge in [0.05, 0.1) is 61.4 Å². The number of ether oxygens (including phenoxy) is 3. The molecule has 1 aliphatic carbocycles. The lowest BCUT2D eigenvalue weighted by Crippen LogP contribution is -2.46. The predicted molar refractivity (Wildman–Crippen MR) is 219 cm³/mol. The number of oxazole rings is 1. The molecule has 0 unspecified atom stereocenters. The van der Waals surface area contributed by atoms with Crippen molar-refractivity contribution in [3.8, 4) is 45.8 Å². The fourth-order valence-electron chi connectivity index (χ4n) is 8.67. The van der Waals surface area contributed by atoms with Crippen molar-refractivity contribution in [3.05, 3.63) is 89.1 Å². The highest BCUT2D eigenvalue weighted by Gasteiger charge is 2.29. The van der Waals surface area contributed by atoms with Gasteiger partial charge in [-0.05, 0) is 92.6 Å². The number of methoxy groups -OCH3 is 2. The number of carboxylic acid groups (broad SMARTS) is 1. The molecule has 2 fully saturated rings. The molecule has 2 atom stereocenters. The summed E-state index contributed by atoms with van der Waals surface area (Å²) >= 11 is 0. The van der Waals surface area contributed by atoms with E-state index in [0.717, 1.165) is 62.8 Å². The Morgan fingerprint density at radius 1 is 1.02 bits per heavy atom. The van der Waals surface area contributed by atoms with Crippen LogP contribution in [0, 0.1) is 24.2 Å². The van der Waals surface area contributed by atoms with Gasteiger partial charge < -0.3 is 34.2 Å². The molecule has 8 rings (SSSR count). The van der Waals surface area contributed by atoms with Gasteiger partial charge in [-0.25, -0.2) is 9.67 Å². The zero-order chi connectivity index (χ0) is 40.5. The number of rotatable bonds is 12. The summed E-state index contributed by atoms with van der Waals surface area (Å²) in [5.74, 6) is 0.747. The van der Waals surface area contributed by atoms with Gasteiger partial charge in [0.2, 0.25) is 5.89 Å². The molecule has 1 saturated carbocycles. The summed E-state index contributed by atoms with van der Waals surface area (Å²) in [4.78, 5) is 18.6. The highest BCUT2D eigenvalue weighted by Crippen LogP contribution is 2.39. The number of aliphatic hydroxyl groups is 1. The van der Waals surface area contributed by atoms with Gasteiger partial charge in [-0.3, -0.25) is 9.69 Å². The summed E-state index contributed by atoms with van der Waals surface area (Å²) in [6, 6.07) is 22.4. The summed E-state index contributed by atoms with van der Waals surface area (Å²) in [6.07, 6.45) is 5.02. The lowest BCUT2D eigenvalue weighted by Gasteiger charge is -2.33. The quantitative estimate of drug-likeness (QED) is 0.116. The summed E-state index contributed by atoms with van der Waals surface area (Å²) < 4.78 is 25.4. The van der Waals surface area contributed by atoms with E-state index >= 15 is 0 Å². The van der Waals surface area contributed by atoms with Crippen LogP contribution in [0.5, 0.6) is 11.5 Å². The molecule has 2 aromatic heterocycles. The van der Waals surface area contributed by atoms with E-state index in [-0.39, 0.29) is 18.0 Å². The molecule has 3 heterocycles. The van der Waals surface area contributed by atoms with Crippen LogP contribution in [0.4, 0.5) is 0 Å². The molecule has 58 heavy (non-hydrogen) atoms. The van der Waals surface area contributed by atoms with Gasteiger partial charge in [0.15, 0.2) is 5.58 Å². The zero-order valence-electron chi connectivity index (χ0n) is 33.2. The molecule has 6 aromatic rings. The van der Waals surface area contributed by atoms with Gasteiger partial charge in [0.1, 0.15) is 23.1 Å². The van der Waals surface area contributed by atoms with Crippen LogP contribution < -0.4 is 14.8 Å². The molecule has 1 aliphatic heterocycles. The Balaban J connectivity index is 1.08. The molecule has 0 spiro atoms. The average Bonchev–Trinajstić information content (AvgIpc) is 3.88. The van der Waals surface area contributed by atoms with E-state index < -0.39 is 12.1 Å². The van der Waals surface area contributed by atoms with Crippen LogP contribution >= 0.6 is 0 Å². The second kappa shape index (κ2) is 16.6. The van der Waals surface area contributed by atoms with E-state index in [4.69, 9.17) is 28.7 Å². The number of fused-ring (bicyclic) bond motifs is 2. The first-order valence-corrected chi connectivity index (χ1v) is 19.8. The first kappa shape index (κ1) is 39.1. The van der Waals surface area contributed by atoms with Crippen LogP contribution in [0.3, 0.4) is 0 Å². The monoisotopic (exact) mass is 784 g/mol. The number of nitrogens with zero attached hydrogens (tertiary/aromatic N) is 5. The predicted octanol–water partition coefficient (Wildman–Crippen LogP) is 7.01. The van der Waals surface area contributed by atoms with E-state index in [9.17, 15) is 20.3 Å². The first-order chi connectivity index (χ1) is 28.2. The number of aliphatic hydroxyl groups excluding tert-OH is 1. The molecular weight excluding hydrogens is 737 g/mol. The molecule has 1 saturated heterocycles. The summed E-state index contributed by atoms with van der Waals surface area (Å²) in [6.45, 7) is 4.02. The SMILES string of the molecule is COc1cc(-n2ncc3c(-c4cccc(-c5nc6cc(CN(C)C7CCC(C(=O)O)CC7)cc(C#N)c6o5)c4C)cccc32)cc(OC)c1CN[C@@H]1CCOC[C@@H]1O. The molecular formula is C45H48N6O7. The number of benzene rings is 4. The third-order valence-electron chi connectivity index (χ3n) is 11.9. The zero-order valence-corrected chi connectivity index (χ0v) is 33.2. The standard InChI is InChI=1S/C45H48N6O7/c1-26-32(7-5-8-33(26)44-49-38-18-27(17-29(21-46)43(38)58-44)24-50(2)30-13-11-28(12-14-30)45(53)54)34-9-6-10-39-35(34)23-48-51(39)31-19-41(55-3)36(42(20-31)56-4)22-47-37-15-16-57-25-40(37)52/h5-10,17-20,23,28,30,37,40,47,52H,11-16,22,24-25H2,1-4H3,(H,53,54)/t28?,30?,37-,40+/m1/s1. The Labute approximate surface area is 336 Å². The molecule has 3 N–H and O–H groups in total. The number of carboxylic acids is 1. The highest BCUT2D eigenvalue weighted by molar-refractivity contribution is 5.97. The minimum atomic E-state index is -0.709. The minimum Gasteiger partial charge on any atom is -0.496 e.